The van der Waals surface area contributed by atoms with Crippen molar-refractivity contribution < 1.29 is 19.1 Å². The molecule has 2 aromatic rings. The summed E-state index contributed by atoms with van der Waals surface area (Å²) in [4.78, 5) is 25.8. The van der Waals surface area contributed by atoms with Crippen molar-refractivity contribution in [1.29, 1.82) is 0 Å². The molecule has 0 fully saturated rings. The third-order valence-electron chi connectivity index (χ3n) is 3.72. The van der Waals surface area contributed by atoms with Gasteiger partial charge < -0.3 is 19.7 Å². The fourth-order valence-electron chi connectivity index (χ4n) is 2.51. The lowest BCUT2D eigenvalue weighted by Crippen LogP contribution is -2.36. The van der Waals surface area contributed by atoms with E-state index in [4.69, 9.17) is 32.7 Å². The zero-order valence-electron chi connectivity index (χ0n) is 13.9. The number of benzene rings is 2. The molecule has 0 aliphatic carbocycles. The van der Waals surface area contributed by atoms with Gasteiger partial charge >= 0.3 is 0 Å². The number of amides is 2. The van der Waals surface area contributed by atoms with E-state index >= 15 is 0 Å². The predicted octanol–water partition coefficient (Wildman–Crippen LogP) is 3.76. The van der Waals surface area contributed by atoms with E-state index in [0.29, 0.717) is 46.1 Å². The molecule has 0 spiro atoms. The summed E-state index contributed by atoms with van der Waals surface area (Å²) >= 11 is 12.0. The monoisotopic (exact) mass is 394 g/mol. The highest BCUT2D eigenvalue weighted by atomic mass is 35.5. The Morgan fingerprint density at radius 1 is 1.08 bits per heavy atom. The fraction of sp³-hybridized carbons (Fsp3) is 0.222. The fourth-order valence-corrected chi connectivity index (χ4v) is 2.85. The molecule has 2 aromatic carbocycles. The molecule has 0 radical (unpaired) electrons. The first-order valence-electron chi connectivity index (χ1n) is 7.86. The Morgan fingerprint density at radius 3 is 2.54 bits per heavy atom. The Kier molecular flexibility index (Phi) is 5.54. The van der Waals surface area contributed by atoms with Gasteiger partial charge in [0.15, 0.2) is 11.5 Å². The van der Waals surface area contributed by atoms with Crippen LogP contribution in [0.4, 0.5) is 11.4 Å². The lowest BCUT2D eigenvalue weighted by atomic mass is 10.2. The zero-order chi connectivity index (χ0) is 18.7. The summed E-state index contributed by atoms with van der Waals surface area (Å²) in [7, 11) is 0. The highest BCUT2D eigenvalue weighted by Crippen LogP contribution is 2.34. The van der Waals surface area contributed by atoms with Crippen LogP contribution in [-0.2, 0) is 9.59 Å². The minimum absolute atomic E-state index is 0.183. The molecule has 0 bridgehead atoms. The van der Waals surface area contributed by atoms with E-state index < -0.39 is 5.91 Å². The topological polar surface area (TPSA) is 67.9 Å². The second-order valence-corrected chi connectivity index (χ2v) is 6.45. The summed E-state index contributed by atoms with van der Waals surface area (Å²) in [6.07, 6.45) is 0. The summed E-state index contributed by atoms with van der Waals surface area (Å²) in [6.45, 7) is 2.12. The molecule has 1 heterocycles. The summed E-state index contributed by atoms with van der Waals surface area (Å²) in [5.74, 6) is 0.463. The third kappa shape index (κ3) is 4.20. The van der Waals surface area contributed by atoms with Gasteiger partial charge in [-0.25, -0.2) is 0 Å². The van der Waals surface area contributed by atoms with Crippen molar-refractivity contribution >= 4 is 46.4 Å². The molecule has 1 aliphatic heterocycles. The van der Waals surface area contributed by atoms with Gasteiger partial charge in [0.1, 0.15) is 19.8 Å². The number of carbonyl (C=O) groups is 2. The molecular weight excluding hydrogens is 379 g/mol. The van der Waals surface area contributed by atoms with Gasteiger partial charge in [0.25, 0.3) is 0 Å². The Bertz CT molecular complexity index is 857. The molecule has 0 saturated carbocycles. The van der Waals surface area contributed by atoms with Gasteiger partial charge in [-0.3, -0.25) is 9.59 Å². The van der Waals surface area contributed by atoms with Crippen molar-refractivity contribution in [3.05, 3.63) is 46.4 Å². The first-order valence-corrected chi connectivity index (χ1v) is 8.62. The van der Waals surface area contributed by atoms with Gasteiger partial charge in [-0.05, 0) is 30.3 Å². The molecule has 136 valence electrons. The highest BCUT2D eigenvalue weighted by molar-refractivity contribution is 6.35. The summed E-state index contributed by atoms with van der Waals surface area (Å²) in [5, 5.41) is 3.47. The van der Waals surface area contributed by atoms with E-state index in [-0.39, 0.29) is 12.5 Å². The summed E-state index contributed by atoms with van der Waals surface area (Å²) < 4.78 is 11.0. The second kappa shape index (κ2) is 7.85. The number of fused-ring (bicyclic) bond motifs is 1. The lowest BCUT2D eigenvalue weighted by Gasteiger charge is -2.24. The number of nitrogens with one attached hydrogen (secondary N) is 1. The van der Waals surface area contributed by atoms with Crippen LogP contribution in [-0.4, -0.2) is 31.6 Å². The van der Waals surface area contributed by atoms with Crippen LogP contribution < -0.4 is 19.7 Å². The van der Waals surface area contributed by atoms with Gasteiger partial charge in [0.05, 0.1) is 10.7 Å². The number of halogens is 2. The predicted molar refractivity (Wildman–Crippen MR) is 101 cm³/mol. The van der Waals surface area contributed by atoms with Crippen LogP contribution >= 0.6 is 23.2 Å². The summed E-state index contributed by atoms with van der Waals surface area (Å²) in [6, 6.07) is 9.85. The first-order chi connectivity index (χ1) is 12.4. The molecule has 8 heteroatoms. The van der Waals surface area contributed by atoms with E-state index in [0.717, 1.165) is 0 Å². The molecule has 0 unspecified atom stereocenters. The largest absolute Gasteiger partial charge is 0.486 e. The minimum atomic E-state index is -0.403. The molecule has 0 atom stereocenters. The maximum absolute atomic E-state index is 12.4. The van der Waals surface area contributed by atoms with Crippen LogP contribution in [0.3, 0.4) is 0 Å². The number of anilines is 2. The van der Waals surface area contributed by atoms with E-state index in [1.54, 1.807) is 36.4 Å². The maximum Gasteiger partial charge on any atom is 0.244 e. The molecule has 26 heavy (non-hydrogen) atoms. The van der Waals surface area contributed by atoms with E-state index in [2.05, 4.69) is 5.32 Å². The zero-order valence-corrected chi connectivity index (χ0v) is 15.4. The van der Waals surface area contributed by atoms with Crippen LogP contribution in [0.25, 0.3) is 0 Å². The molecular formula is C18H16Cl2N2O4. The van der Waals surface area contributed by atoms with Crippen LogP contribution in [0, 0.1) is 0 Å². The number of hydrogen-bond donors (Lipinski definition) is 1. The van der Waals surface area contributed by atoms with Gasteiger partial charge in [-0.1, -0.05) is 23.2 Å². The van der Waals surface area contributed by atoms with E-state index in [9.17, 15) is 9.59 Å². The Balaban J connectivity index is 1.77. The van der Waals surface area contributed by atoms with Crippen LogP contribution in [0.5, 0.6) is 11.5 Å². The molecule has 1 N–H and O–H groups in total. The standard InChI is InChI=1S/C18H16Cl2N2O4/c1-11(23)22(13-3-5-16-17(9-13)26-7-6-25-16)10-18(24)21-15-8-12(19)2-4-14(15)20/h2-5,8-9H,6-7,10H2,1H3,(H,21,24). The Labute approximate surface area is 160 Å². The molecule has 6 nitrogen and oxygen atoms in total. The molecule has 3 rings (SSSR count). The Morgan fingerprint density at radius 2 is 1.81 bits per heavy atom. The second-order valence-electron chi connectivity index (χ2n) is 5.61. The van der Waals surface area contributed by atoms with Crippen molar-refractivity contribution in [3.8, 4) is 11.5 Å². The summed E-state index contributed by atoms with van der Waals surface area (Å²) in [5.41, 5.74) is 0.920. The SMILES string of the molecule is CC(=O)N(CC(=O)Nc1cc(Cl)ccc1Cl)c1ccc2c(c1)OCCO2. The van der Waals surface area contributed by atoms with Gasteiger partial charge in [-0.2, -0.15) is 0 Å². The van der Waals surface area contributed by atoms with Gasteiger partial charge in [0, 0.05) is 23.7 Å². The van der Waals surface area contributed by atoms with Crippen molar-refractivity contribution in [1.82, 2.24) is 0 Å². The normalized spacial score (nSPS) is 12.4. The van der Waals surface area contributed by atoms with Crippen molar-refractivity contribution in [2.24, 2.45) is 0 Å². The van der Waals surface area contributed by atoms with Crippen molar-refractivity contribution in [3.63, 3.8) is 0 Å². The van der Waals surface area contributed by atoms with Crippen LogP contribution in [0.1, 0.15) is 6.92 Å². The van der Waals surface area contributed by atoms with E-state index in [1.165, 1.54) is 11.8 Å². The highest BCUT2D eigenvalue weighted by Gasteiger charge is 2.20. The van der Waals surface area contributed by atoms with Gasteiger partial charge in [0.2, 0.25) is 11.8 Å². The van der Waals surface area contributed by atoms with Crippen LogP contribution in [0.2, 0.25) is 10.0 Å². The molecule has 2 amide bonds. The quantitative estimate of drug-likeness (QED) is 0.856. The van der Waals surface area contributed by atoms with Gasteiger partial charge in [-0.15, -0.1) is 0 Å². The number of ether oxygens (including phenoxy) is 2. The maximum atomic E-state index is 12.4. The number of rotatable bonds is 4. The molecule has 0 aromatic heterocycles. The number of hydrogen-bond acceptors (Lipinski definition) is 4. The van der Waals surface area contributed by atoms with Crippen LogP contribution in [0.15, 0.2) is 36.4 Å². The average molecular weight is 395 g/mol. The lowest BCUT2D eigenvalue weighted by molar-refractivity contribution is -0.120. The minimum Gasteiger partial charge on any atom is -0.486 e. The average Bonchev–Trinajstić information content (AvgIpc) is 2.62. The van der Waals surface area contributed by atoms with E-state index in [1.807, 2.05) is 0 Å². The Hall–Kier alpha value is -2.44. The van der Waals surface area contributed by atoms with Crippen molar-refractivity contribution in [2.45, 2.75) is 6.92 Å². The smallest absolute Gasteiger partial charge is 0.244 e. The third-order valence-corrected chi connectivity index (χ3v) is 4.29. The number of nitrogens with zero attached hydrogens (tertiary/aromatic N) is 1. The molecule has 0 saturated heterocycles. The first kappa shape index (κ1) is 18.4. The number of carbonyl (C=O) groups excluding carboxylic acids is 2. The molecule has 1 aliphatic rings. The van der Waals surface area contributed by atoms with Crippen molar-refractivity contribution in [2.75, 3.05) is 30.0 Å².